The highest BCUT2D eigenvalue weighted by atomic mass is 127. The predicted molar refractivity (Wildman–Crippen MR) is 101 cm³/mol. The van der Waals surface area contributed by atoms with Crippen LogP contribution < -0.4 is 10.6 Å². The first-order chi connectivity index (χ1) is 9.56. The molecule has 1 unspecified atom stereocenters. The van der Waals surface area contributed by atoms with Crippen molar-refractivity contribution in [2.75, 3.05) is 27.3 Å². The van der Waals surface area contributed by atoms with E-state index in [1.165, 1.54) is 0 Å². The zero-order valence-electron chi connectivity index (χ0n) is 12.5. The summed E-state index contributed by atoms with van der Waals surface area (Å²) in [6, 6.07) is 5.74. The van der Waals surface area contributed by atoms with Crippen molar-refractivity contribution >= 4 is 53.1 Å². The highest BCUT2D eigenvalue weighted by molar-refractivity contribution is 14.0. The zero-order chi connectivity index (χ0) is 15.0. The van der Waals surface area contributed by atoms with Gasteiger partial charge in [-0.15, -0.1) is 24.0 Å². The highest BCUT2D eigenvalue weighted by Crippen LogP contribution is 2.20. The van der Waals surface area contributed by atoms with E-state index in [1.807, 2.05) is 19.1 Å². The molecule has 0 radical (unpaired) electrons. The van der Waals surface area contributed by atoms with E-state index in [0.717, 1.165) is 24.5 Å². The van der Waals surface area contributed by atoms with Gasteiger partial charge in [-0.25, -0.2) is 0 Å². The van der Waals surface area contributed by atoms with Crippen LogP contribution in [0.15, 0.2) is 23.2 Å². The Morgan fingerprint density at radius 2 is 2.10 bits per heavy atom. The molecule has 0 bridgehead atoms. The van der Waals surface area contributed by atoms with Crippen LogP contribution in [0.4, 0.5) is 0 Å². The average Bonchev–Trinajstić information content (AvgIpc) is 2.40. The topological polar surface area (TPSA) is 45.7 Å². The summed E-state index contributed by atoms with van der Waals surface area (Å²) in [6.45, 7) is 3.40. The smallest absolute Gasteiger partial charge is 0.191 e. The number of aliphatic imine (C=N–C) groups is 1. The van der Waals surface area contributed by atoms with Crippen molar-refractivity contribution in [2.24, 2.45) is 4.99 Å². The lowest BCUT2D eigenvalue weighted by Crippen LogP contribution is -2.44. The fourth-order valence-corrected chi connectivity index (χ4v) is 2.26. The van der Waals surface area contributed by atoms with Crippen LogP contribution in [0.5, 0.6) is 0 Å². The molecule has 0 heterocycles. The van der Waals surface area contributed by atoms with Gasteiger partial charge < -0.3 is 15.4 Å². The van der Waals surface area contributed by atoms with Crippen LogP contribution in [0.3, 0.4) is 0 Å². The molecule has 0 amide bonds. The molecule has 0 aromatic heterocycles. The van der Waals surface area contributed by atoms with Gasteiger partial charge in [0.25, 0.3) is 0 Å². The lowest BCUT2D eigenvalue weighted by atomic mass is 10.1. The van der Waals surface area contributed by atoms with Gasteiger partial charge in [0, 0.05) is 36.8 Å². The van der Waals surface area contributed by atoms with Crippen LogP contribution >= 0.6 is 47.2 Å². The van der Waals surface area contributed by atoms with Gasteiger partial charge in [-0.2, -0.15) is 0 Å². The van der Waals surface area contributed by atoms with Crippen LogP contribution in [0.1, 0.15) is 12.5 Å². The maximum Gasteiger partial charge on any atom is 0.191 e. The van der Waals surface area contributed by atoms with Gasteiger partial charge in [-0.1, -0.05) is 29.3 Å². The second-order valence-electron chi connectivity index (χ2n) is 4.49. The first-order valence-corrected chi connectivity index (χ1v) is 7.22. The molecule has 0 aliphatic heterocycles. The minimum atomic E-state index is 0. The van der Waals surface area contributed by atoms with Gasteiger partial charge >= 0.3 is 0 Å². The predicted octanol–water partition coefficient (Wildman–Crippen LogP) is 3.35. The molecule has 21 heavy (non-hydrogen) atoms. The Bertz CT molecular complexity index is 458. The molecule has 1 aromatic rings. The number of benzene rings is 1. The average molecular weight is 446 g/mol. The monoisotopic (exact) mass is 445 g/mol. The minimum Gasteiger partial charge on any atom is -0.383 e. The van der Waals surface area contributed by atoms with Crippen LogP contribution in [-0.2, 0) is 11.2 Å². The van der Waals surface area contributed by atoms with Gasteiger partial charge in [-0.05, 0) is 31.0 Å². The number of rotatable bonds is 6. The number of nitrogens with zero attached hydrogens (tertiary/aromatic N) is 1. The van der Waals surface area contributed by atoms with Gasteiger partial charge in [0.2, 0.25) is 0 Å². The number of hydrogen-bond acceptors (Lipinski definition) is 2. The molecular formula is C14H22Cl2IN3O. The third kappa shape index (κ3) is 8.09. The van der Waals surface area contributed by atoms with Gasteiger partial charge in [0.15, 0.2) is 5.96 Å². The Labute approximate surface area is 153 Å². The van der Waals surface area contributed by atoms with Crippen molar-refractivity contribution in [2.45, 2.75) is 19.4 Å². The molecule has 120 valence electrons. The largest absolute Gasteiger partial charge is 0.383 e. The quantitative estimate of drug-likeness (QED) is 0.401. The third-order valence-corrected chi connectivity index (χ3v) is 3.31. The summed E-state index contributed by atoms with van der Waals surface area (Å²) in [5.41, 5.74) is 1.06. The van der Waals surface area contributed by atoms with Crippen molar-refractivity contribution in [1.82, 2.24) is 10.6 Å². The standard InChI is InChI=1S/C14H21Cl2N3O.HI/c1-10(9-20-3)19-14(17-2)18-7-6-11-4-5-12(15)8-13(11)16;/h4-5,8,10H,6-7,9H2,1-3H3,(H2,17,18,19);1H. The second-order valence-corrected chi connectivity index (χ2v) is 5.33. The van der Waals surface area contributed by atoms with E-state index >= 15 is 0 Å². The highest BCUT2D eigenvalue weighted by Gasteiger charge is 2.05. The first kappa shape index (κ1) is 20.8. The fraction of sp³-hybridized carbons (Fsp3) is 0.500. The van der Waals surface area contributed by atoms with Crippen molar-refractivity contribution < 1.29 is 4.74 Å². The number of nitrogens with one attached hydrogen (secondary N) is 2. The van der Waals surface area contributed by atoms with Crippen LogP contribution in [0.25, 0.3) is 0 Å². The number of hydrogen-bond donors (Lipinski definition) is 2. The fourth-order valence-electron chi connectivity index (χ4n) is 1.76. The molecule has 0 aliphatic rings. The first-order valence-electron chi connectivity index (χ1n) is 6.47. The van der Waals surface area contributed by atoms with Crippen molar-refractivity contribution in [3.63, 3.8) is 0 Å². The van der Waals surface area contributed by atoms with Gasteiger partial charge in [-0.3, -0.25) is 4.99 Å². The molecular weight excluding hydrogens is 424 g/mol. The van der Waals surface area contributed by atoms with Crippen LogP contribution in [0, 0.1) is 0 Å². The van der Waals surface area contributed by atoms with E-state index in [1.54, 1.807) is 20.2 Å². The molecule has 1 rings (SSSR count). The number of methoxy groups -OCH3 is 1. The number of ether oxygens (including phenoxy) is 1. The van der Waals surface area contributed by atoms with Crippen LogP contribution in [0.2, 0.25) is 10.0 Å². The van der Waals surface area contributed by atoms with E-state index in [4.69, 9.17) is 27.9 Å². The third-order valence-electron chi connectivity index (χ3n) is 2.73. The van der Waals surface area contributed by atoms with Crippen molar-refractivity contribution in [1.29, 1.82) is 0 Å². The molecule has 1 aromatic carbocycles. The van der Waals surface area contributed by atoms with E-state index in [9.17, 15) is 0 Å². The van der Waals surface area contributed by atoms with Crippen molar-refractivity contribution in [3.05, 3.63) is 33.8 Å². The molecule has 0 saturated heterocycles. The van der Waals surface area contributed by atoms with E-state index < -0.39 is 0 Å². The second kappa shape index (κ2) is 11.3. The number of guanidine groups is 1. The molecule has 0 fully saturated rings. The molecule has 1 atom stereocenters. The molecule has 0 aliphatic carbocycles. The Balaban J connectivity index is 0.00000400. The molecule has 0 spiro atoms. The summed E-state index contributed by atoms with van der Waals surface area (Å²) < 4.78 is 5.07. The Morgan fingerprint density at radius 1 is 1.38 bits per heavy atom. The van der Waals surface area contributed by atoms with E-state index in [0.29, 0.717) is 16.7 Å². The normalized spacial score (nSPS) is 12.5. The van der Waals surface area contributed by atoms with Gasteiger partial charge in [0.1, 0.15) is 0 Å². The molecule has 7 heteroatoms. The van der Waals surface area contributed by atoms with E-state index in [-0.39, 0.29) is 30.0 Å². The van der Waals surface area contributed by atoms with Crippen molar-refractivity contribution in [3.8, 4) is 0 Å². The van der Waals surface area contributed by atoms with Crippen LogP contribution in [-0.4, -0.2) is 39.3 Å². The summed E-state index contributed by atoms with van der Waals surface area (Å²) >= 11 is 12.0. The zero-order valence-corrected chi connectivity index (χ0v) is 16.3. The SMILES string of the molecule is CN=C(NCCc1ccc(Cl)cc1Cl)NC(C)COC.I. The summed E-state index contributed by atoms with van der Waals surface area (Å²) in [5, 5.41) is 7.82. The lowest BCUT2D eigenvalue weighted by Gasteiger charge is -2.17. The maximum atomic E-state index is 6.13. The van der Waals surface area contributed by atoms with E-state index in [2.05, 4.69) is 15.6 Å². The Hall–Kier alpha value is -0.240. The maximum absolute atomic E-state index is 6.13. The summed E-state index contributed by atoms with van der Waals surface area (Å²) in [6.07, 6.45) is 0.801. The lowest BCUT2D eigenvalue weighted by molar-refractivity contribution is 0.179. The molecule has 4 nitrogen and oxygen atoms in total. The summed E-state index contributed by atoms with van der Waals surface area (Å²) in [7, 11) is 3.42. The minimum absolute atomic E-state index is 0. The molecule has 0 saturated carbocycles. The number of halogens is 3. The molecule has 2 N–H and O–H groups in total. The Morgan fingerprint density at radius 3 is 2.67 bits per heavy atom. The van der Waals surface area contributed by atoms with Gasteiger partial charge in [0.05, 0.1) is 6.61 Å². The Kier molecular flexibility index (Phi) is 11.2. The summed E-state index contributed by atoms with van der Waals surface area (Å²) in [4.78, 5) is 4.16. The summed E-state index contributed by atoms with van der Waals surface area (Å²) in [5.74, 6) is 0.750.